The molecule has 1 N–H and O–H groups in total. The van der Waals surface area contributed by atoms with Gasteiger partial charge < -0.3 is 10.1 Å². The topological polar surface area (TPSA) is 54.5 Å². The Hall–Kier alpha value is -1.46. The van der Waals surface area contributed by atoms with Gasteiger partial charge in [0.2, 0.25) is 5.91 Å². The van der Waals surface area contributed by atoms with E-state index in [9.17, 15) is 4.79 Å². The number of carbonyl (C=O) groups excluding carboxylic acids is 1. The largest absolute Gasteiger partial charge is 0.370 e. The molecule has 1 atom stereocenters. The lowest BCUT2D eigenvalue weighted by Gasteiger charge is -2.39. The summed E-state index contributed by atoms with van der Waals surface area (Å²) in [6.45, 7) is 8.01. The SMILES string of the molecule is CC(C)CCC(=O)NC[C@H]1CCC2(CCN(Cc3ccccn3)CC2)O1. The van der Waals surface area contributed by atoms with Crippen LogP contribution in [0.1, 0.15) is 58.1 Å². The lowest BCUT2D eigenvalue weighted by Crippen LogP contribution is -2.45. The predicted octanol–water partition coefficient (Wildman–Crippen LogP) is 3.15. The molecule has 1 amide bonds. The van der Waals surface area contributed by atoms with Crippen LogP contribution >= 0.6 is 0 Å². The summed E-state index contributed by atoms with van der Waals surface area (Å²) in [6.07, 6.45) is 7.96. The Bertz CT molecular complexity index is 568. The first-order valence-corrected chi connectivity index (χ1v) is 10.1. The van der Waals surface area contributed by atoms with Gasteiger partial charge in [0, 0.05) is 38.8 Å². The number of ether oxygens (including phenoxy) is 1. The van der Waals surface area contributed by atoms with Gasteiger partial charge in [-0.2, -0.15) is 0 Å². The Labute approximate surface area is 157 Å². The highest BCUT2D eigenvalue weighted by Crippen LogP contribution is 2.38. The minimum Gasteiger partial charge on any atom is -0.370 e. The number of likely N-dealkylation sites (tertiary alicyclic amines) is 1. The second-order valence-corrected chi connectivity index (χ2v) is 8.30. The number of rotatable bonds is 7. The van der Waals surface area contributed by atoms with Crippen LogP contribution in [0.3, 0.4) is 0 Å². The average Bonchev–Trinajstić information content (AvgIpc) is 3.04. The molecule has 2 aliphatic rings. The summed E-state index contributed by atoms with van der Waals surface area (Å²) < 4.78 is 6.41. The van der Waals surface area contributed by atoms with Gasteiger partial charge in [-0.15, -0.1) is 0 Å². The molecule has 0 radical (unpaired) electrons. The van der Waals surface area contributed by atoms with Crippen molar-refractivity contribution in [2.75, 3.05) is 19.6 Å². The number of pyridine rings is 1. The molecule has 0 unspecified atom stereocenters. The molecular formula is C21H33N3O2. The molecule has 1 aromatic heterocycles. The Balaban J connectivity index is 1.38. The number of piperidine rings is 1. The quantitative estimate of drug-likeness (QED) is 0.812. The first-order chi connectivity index (χ1) is 12.5. The van der Waals surface area contributed by atoms with Crippen molar-refractivity contribution in [2.45, 2.75) is 70.6 Å². The smallest absolute Gasteiger partial charge is 0.220 e. The van der Waals surface area contributed by atoms with Crippen molar-refractivity contribution >= 4 is 5.91 Å². The van der Waals surface area contributed by atoms with Crippen molar-refractivity contribution in [3.8, 4) is 0 Å². The van der Waals surface area contributed by atoms with E-state index in [1.54, 1.807) is 0 Å². The molecule has 5 nitrogen and oxygen atoms in total. The van der Waals surface area contributed by atoms with E-state index in [0.717, 1.165) is 57.4 Å². The predicted molar refractivity (Wildman–Crippen MR) is 103 cm³/mol. The molecule has 0 bridgehead atoms. The minimum atomic E-state index is 0.0357. The molecule has 0 saturated carbocycles. The normalized spacial score (nSPS) is 22.8. The summed E-state index contributed by atoms with van der Waals surface area (Å²) >= 11 is 0. The molecule has 3 heterocycles. The molecule has 1 aromatic rings. The highest BCUT2D eigenvalue weighted by molar-refractivity contribution is 5.75. The summed E-state index contributed by atoms with van der Waals surface area (Å²) in [7, 11) is 0. The van der Waals surface area contributed by atoms with Crippen molar-refractivity contribution in [1.29, 1.82) is 0 Å². The molecule has 144 valence electrons. The fourth-order valence-corrected chi connectivity index (χ4v) is 3.98. The molecule has 1 spiro atoms. The van der Waals surface area contributed by atoms with Gasteiger partial charge in [0.05, 0.1) is 17.4 Å². The average molecular weight is 360 g/mol. The Kier molecular flexibility index (Phi) is 6.65. The number of hydrogen-bond donors (Lipinski definition) is 1. The van der Waals surface area contributed by atoms with Gasteiger partial charge >= 0.3 is 0 Å². The standard InChI is InChI=1S/C21H33N3O2/c1-17(2)6-7-20(25)23-15-19-8-9-21(26-19)10-13-24(14-11-21)16-18-5-3-4-12-22-18/h3-5,12,17,19H,6-11,13-16H2,1-2H3,(H,23,25)/t19-/m1/s1. The molecular weight excluding hydrogens is 326 g/mol. The molecule has 0 aliphatic carbocycles. The van der Waals surface area contributed by atoms with Crippen LogP contribution in [0.15, 0.2) is 24.4 Å². The van der Waals surface area contributed by atoms with Crippen LogP contribution in [0.25, 0.3) is 0 Å². The maximum Gasteiger partial charge on any atom is 0.220 e. The van der Waals surface area contributed by atoms with E-state index in [1.807, 2.05) is 18.3 Å². The lowest BCUT2D eigenvalue weighted by atomic mass is 9.88. The van der Waals surface area contributed by atoms with Gasteiger partial charge in [0.1, 0.15) is 0 Å². The summed E-state index contributed by atoms with van der Waals surface area (Å²) in [5.41, 5.74) is 1.17. The van der Waals surface area contributed by atoms with E-state index < -0.39 is 0 Å². The van der Waals surface area contributed by atoms with E-state index >= 15 is 0 Å². The highest BCUT2D eigenvalue weighted by Gasteiger charge is 2.42. The number of amides is 1. The van der Waals surface area contributed by atoms with Crippen LogP contribution in [0.5, 0.6) is 0 Å². The van der Waals surface area contributed by atoms with Crippen molar-refractivity contribution in [3.05, 3.63) is 30.1 Å². The van der Waals surface area contributed by atoms with E-state index in [2.05, 4.69) is 35.1 Å². The number of aromatic nitrogens is 1. The molecule has 26 heavy (non-hydrogen) atoms. The minimum absolute atomic E-state index is 0.0357. The van der Waals surface area contributed by atoms with Crippen molar-refractivity contribution < 1.29 is 9.53 Å². The Morgan fingerprint density at radius 2 is 2.15 bits per heavy atom. The van der Waals surface area contributed by atoms with E-state index in [4.69, 9.17) is 4.74 Å². The number of nitrogens with one attached hydrogen (secondary N) is 1. The van der Waals surface area contributed by atoms with Crippen LogP contribution in [-0.4, -0.2) is 47.1 Å². The zero-order valence-electron chi connectivity index (χ0n) is 16.2. The van der Waals surface area contributed by atoms with E-state index in [-0.39, 0.29) is 17.6 Å². The second kappa shape index (κ2) is 8.96. The van der Waals surface area contributed by atoms with Crippen LogP contribution in [-0.2, 0) is 16.1 Å². The molecule has 2 saturated heterocycles. The Morgan fingerprint density at radius 3 is 2.85 bits per heavy atom. The van der Waals surface area contributed by atoms with E-state index in [0.29, 0.717) is 18.9 Å². The lowest BCUT2D eigenvalue weighted by molar-refractivity contribution is -0.123. The van der Waals surface area contributed by atoms with E-state index in [1.165, 1.54) is 0 Å². The van der Waals surface area contributed by atoms with Gasteiger partial charge in [-0.1, -0.05) is 19.9 Å². The monoisotopic (exact) mass is 359 g/mol. The highest BCUT2D eigenvalue weighted by atomic mass is 16.5. The molecule has 5 heteroatoms. The molecule has 2 fully saturated rings. The molecule has 0 aromatic carbocycles. The van der Waals surface area contributed by atoms with Gasteiger partial charge in [-0.3, -0.25) is 14.7 Å². The van der Waals surface area contributed by atoms with Crippen molar-refractivity contribution in [3.63, 3.8) is 0 Å². The first kappa shape index (κ1) is 19.3. The van der Waals surface area contributed by atoms with Gasteiger partial charge in [0.15, 0.2) is 0 Å². The molecule has 2 aliphatic heterocycles. The number of carbonyl (C=O) groups is 1. The second-order valence-electron chi connectivity index (χ2n) is 8.30. The van der Waals surface area contributed by atoms with Crippen molar-refractivity contribution in [2.24, 2.45) is 5.92 Å². The van der Waals surface area contributed by atoms with Crippen LogP contribution in [0.4, 0.5) is 0 Å². The van der Waals surface area contributed by atoms with Gasteiger partial charge in [0.25, 0.3) is 0 Å². The summed E-state index contributed by atoms with van der Waals surface area (Å²) in [4.78, 5) is 18.8. The van der Waals surface area contributed by atoms with Gasteiger partial charge in [-0.25, -0.2) is 0 Å². The fraction of sp³-hybridized carbons (Fsp3) is 0.714. The first-order valence-electron chi connectivity index (χ1n) is 10.1. The number of hydrogen-bond acceptors (Lipinski definition) is 4. The van der Waals surface area contributed by atoms with Gasteiger partial charge in [-0.05, 0) is 50.2 Å². The third-order valence-electron chi connectivity index (χ3n) is 5.69. The summed E-state index contributed by atoms with van der Waals surface area (Å²) in [5, 5.41) is 3.06. The van der Waals surface area contributed by atoms with Crippen molar-refractivity contribution in [1.82, 2.24) is 15.2 Å². The third kappa shape index (κ3) is 5.52. The Morgan fingerprint density at radius 1 is 1.35 bits per heavy atom. The third-order valence-corrected chi connectivity index (χ3v) is 5.69. The van der Waals surface area contributed by atoms with Crippen LogP contribution in [0.2, 0.25) is 0 Å². The maximum absolute atomic E-state index is 11.9. The zero-order chi connectivity index (χ0) is 18.4. The number of nitrogens with zero attached hydrogens (tertiary/aromatic N) is 2. The molecule has 3 rings (SSSR count). The zero-order valence-corrected chi connectivity index (χ0v) is 16.2. The van der Waals surface area contributed by atoms with Crippen LogP contribution < -0.4 is 5.32 Å². The summed E-state index contributed by atoms with van der Waals surface area (Å²) in [5.74, 6) is 0.733. The maximum atomic E-state index is 11.9. The summed E-state index contributed by atoms with van der Waals surface area (Å²) in [6, 6.07) is 6.10. The fourth-order valence-electron chi connectivity index (χ4n) is 3.98. The van der Waals surface area contributed by atoms with Crippen LogP contribution in [0, 0.1) is 5.92 Å².